The fourth-order valence-corrected chi connectivity index (χ4v) is 3.36. The van der Waals surface area contributed by atoms with Crippen molar-refractivity contribution in [1.29, 1.82) is 5.26 Å². The molecule has 8 nitrogen and oxygen atoms in total. The standard InChI is InChI=1S/C21H27N5O3/c1-20(2,3)29-19(27)23-9-5-6-15-10-21(15,13-22)17-12-26(14-25-17)18-8-7-16(28-4)11-24-18/h7-8,11-12,14-15H,5-6,9-10H2,1-4H3,(H,23,27). The monoisotopic (exact) mass is 397 g/mol. The average Bonchev–Trinajstić information content (AvgIpc) is 3.17. The van der Waals surface area contributed by atoms with Crippen LogP contribution in [0.5, 0.6) is 5.75 Å². The lowest BCUT2D eigenvalue weighted by Gasteiger charge is -2.19. The number of methoxy groups -OCH3 is 1. The van der Waals surface area contributed by atoms with Crippen LogP contribution in [-0.2, 0) is 10.2 Å². The molecule has 0 aliphatic heterocycles. The van der Waals surface area contributed by atoms with Crippen molar-refractivity contribution in [3.8, 4) is 17.6 Å². The van der Waals surface area contributed by atoms with Crippen molar-refractivity contribution in [2.75, 3.05) is 13.7 Å². The maximum atomic E-state index is 11.7. The Bertz CT molecular complexity index is 894. The second kappa shape index (κ2) is 8.11. The highest BCUT2D eigenvalue weighted by Gasteiger charge is 2.57. The summed E-state index contributed by atoms with van der Waals surface area (Å²) < 4.78 is 12.2. The first-order valence-electron chi connectivity index (χ1n) is 9.70. The van der Waals surface area contributed by atoms with E-state index in [2.05, 4.69) is 21.4 Å². The number of nitriles is 1. The zero-order valence-electron chi connectivity index (χ0n) is 17.3. The third kappa shape index (κ3) is 4.86. The Morgan fingerprint density at radius 2 is 2.21 bits per heavy atom. The molecule has 1 saturated carbocycles. The molecule has 0 radical (unpaired) electrons. The molecule has 1 aliphatic carbocycles. The minimum atomic E-state index is -0.552. The van der Waals surface area contributed by atoms with Gasteiger partial charge in [0.25, 0.3) is 0 Å². The third-order valence-corrected chi connectivity index (χ3v) is 4.96. The van der Waals surface area contributed by atoms with E-state index in [1.807, 2.05) is 43.7 Å². The van der Waals surface area contributed by atoms with Crippen LogP contribution in [0.3, 0.4) is 0 Å². The van der Waals surface area contributed by atoms with Gasteiger partial charge in [0, 0.05) is 12.7 Å². The maximum absolute atomic E-state index is 11.7. The van der Waals surface area contributed by atoms with Gasteiger partial charge in [-0.1, -0.05) is 0 Å². The van der Waals surface area contributed by atoms with Crippen molar-refractivity contribution in [2.24, 2.45) is 5.92 Å². The number of hydrogen-bond donors (Lipinski definition) is 1. The molecule has 1 amide bonds. The Balaban J connectivity index is 1.54. The van der Waals surface area contributed by atoms with E-state index in [0.29, 0.717) is 12.3 Å². The molecule has 8 heteroatoms. The number of imidazole rings is 1. The summed E-state index contributed by atoms with van der Waals surface area (Å²) in [5.74, 6) is 1.64. The van der Waals surface area contributed by atoms with Crippen LogP contribution >= 0.6 is 0 Å². The summed E-state index contributed by atoms with van der Waals surface area (Å²) in [5.41, 5.74) is -0.291. The summed E-state index contributed by atoms with van der Waals surface area (Å²) >= 11 is 0. The fraction of sp³-hybridized carbons (Fsp3) is 0.524. The van der Waals surface area contributed by atoms with Crippen molar-refractivity contribution < 1.29 is 14.3 Å². The normalized spacial score (nSPS) is 20.6. The quantitative estimate of drug-likeness (QED) is 0.719. The van der Waals surface area contributed by atoms with Gasteiger partial charge in [-0.25, -0.2) is 14.8 Å². The van der Waals surface area contributed by atoms with Crippen molar-refractivity contribution in [3.05, 3.63) is 36.5 Å². The lowest BCUT2D eigenvalue weighted by molar-refractivity contribution is 0.0526. The highest BCUT2D eigenvalue weighted by Crippen LogP contribution is 2.55. The second-order valence-electron chi connectivity index (χ2n) is 8.28. The van der Waals surface area contributed by atoms with E-state index in [4.69, 9.17) is 9.47 Å². The Morgan fingerprint density at radius 3 is 2.83 bits per heavy atom. The number of carbonyl (C=O) groups is 1. The highest BCUT2D eigenvalue weighted by molar-refractivity contribution is 5.67. The molecule has 1 fully saturated rings. The Hall–Kier alpha value is -3.08. The summed E-state index contributed by atoms with van der Waals surface area (Å²) in [4.78, 5) is 20.5. The molecule has 29 heavy (non-hydrogen) atoms. The topological polar surface area (TPSA) is 102 Å². The fourth-order valence-electron chi connectivity index (χ4n) is 3.36. The number of nitrogens with zero attached hydrogens (tertiary/aromatic N) is 4. The van der Waals surface area contributed by atoms with E-state index in [9.17, 15) is 10.1 Å². The van der Waals surface area contributed by atoms with E-state index in [1.165, 1.54) is 0 Å². The van der Waals surface area contributed by atoms with Gasteiger partial charge in [-0.05, 0) is 58.1 Å². The first-order valence-corrected chi connectivity index (χ1v) is 9.70. The number of aromatic nitrogens is 3. The van der Waals surface area contributed by atoms with Crippen LogP contribution in [0.15, 0.2) is 30.9 Å². The zero-order chi connectivity index (χ0) is 21.1. The molecule has 2 aromatic rings. The van der Waals surface area contributed by atoms with E-state index in [1.54, 1.807) is 19.6 Å². The summed E-state index contributed by atoms with van der Waals surface area (Å²) in [6.07, 6.45) is 7.20. The van der Waals surface area contributed by atoms with Gasteiger partial charge in [-0.2, -0.15) is 5.26 Å². The van der Waals surface area contributed by atoms with E-state index < -0.39 is 17.1 Å². The number of nitrogens with one attached hydrogen (secondary N) is 1. The summed E-state index contributed by atoms with van der Waals surface area (Å²) in [5, 5.41) is 12.5. The molecule has 2 heterocycles. The third-order valence-electron chi connectivity index (χ3n) is 4.96. The molecule has 0 bridgehead atoms. The molecular weight excluding hydrogens is 370 g/mol. The number of ether oxygens (including phenoxy) is 2. The average molecular weight is 397 g/mol. The van der Waals surface area contributed by atoms with Crippen LogP contribution in [0, 0.1) is 17.2 Å². The lowest BCUT2D eigenvalue weighted by atomic mass is 9.99. The molecule has 0 spiro atoms. The molecule has 0 saturated heterocycles. The lowest BCUT2D eigenvalue weighted by Crippen LogP contribution is -2.33. The van der Waals surface area contributed by atoms with Gasteiger partial charge in [0.2, 0.25) is 0 Å². The Labute approximate surface area is 170 Å². The van der Waals surface area contributed by atoms with Crippen LogP contribution in [0.4, 0.5) is 4.79 Å². The van der Waals surface area contributed by atoms with Gasteiger partial charge in [0.1, 0.15) is 28.9 Å². The first-order chi connectivity index (χ1) is 13.8. The van der Waals surface area contributed by atoms with Crippen molar-refractivity contribution in [3.63, 3.8) is 0 Å². The van der Waals surface area contributed by atoms with Crippen LogP contribution in [0.1, 0.15) is 45.7 Å². The van der Waals surface area contributed by atoms with Crippen LogP contribution < -0.4 is 10.1 Å². The van der Waals surface area contributed by atoms with Gasteiger partial charge in [0.15, 0.2) is 0 Å². The predicted molar refractivity (Wildman–Crippen MR) is 107 cm³/mol. The molecule has 1 N–H and O–H groups in total. The van der Waals surface area contributed by atoms with Crippen LogP contribution in [0.25, 0.3) is 5.82 Å². The number of alkyl carbamates (subject to hydrolysis) is 1. The minimum Gasteiger partial charge on any atom is -0.495 e. The van der Waals surface area contributed by atoms with Gasteiger partial charge in [-0.15, -0.1) is 0 Å². The predicted octanol–water partition coefficient (Wildman–Crippen LogP) is 3.36. The molecular formula is C21H27N5O3. The summed E-state index contributed by atoms with van der Waals surface area (Å²) in [6.45, 7) is 6.02. The van der Waals surface area contributed by atoms with Crippen LogP contribution in [-0.4, -0.2) is 39.9 Å². The molecule has 2 atom stereocenters. The molecule has 0 aromatic carbocycles. The molecule has 2 aromatic heterocycles. The van der Waals surface area contributed by atoms with Gasteiger partial charge >= 0.3 is 6.09 Å². The van der Waals surface area contributed by atoms with Gasteiger partial charge in [-0.3, -0.25) is 4.57 Å². The van der Waals surface area contributed by atoms with E-state index in [-0.39, 0.29) is 5.92 Å². The van der Waals surface area contributed by atoms with Crippen molar-refractivity contribution >= 4 is 6.09 Å². The zero-order valence-corrected chi connectivity index (χ0v) is 17.3. The largest absolute Gasteiger partial charge is 0.495 e. The number of carbonyl (C=O) groups excluding carboxylic acids is 1. The van der Waals surface area contributed by atoms with Gasteiger partial charge in [0.05, 0.1) is 25.1 Å². The van der Waals surface area contributed by atoms with Crippen molar-refractivity contribution in [2.45, 2.75) is 51.0 Å². The number of hydrogen-bond acceptors (Lipinski definition) is 6. The van der Waals surface area contributed by atoms with Crippen molar-refractivity contribution in [1.82, 2.24) is 19.9 Å². The number of amides is 1. The van der Waals surface area contributed by atoms with E-state index in [0.717, 1.165) is 30.8 Å². The molecule has 3 rings (SSSR count). The SMILES string of the molecule is COc1ccc(-n2cnc(C3(C#N)CC3CCCNC(=O)OC(C)(C)C)c2)nc1. The van der Waals surface area contributed by atoms with E-state index >= 15 is 0 Å². The van der Waals surface area contributed by atoms with Gasteiger partial charge < -0.3 is 14.8 Å². The molecule has 154 valence electrons. The smallest absolute Gasteiger partial charge is 0.407 e. The Kier molecular flexibility index (Phi) is 5.78. The second-order valence-corrected chi connectivity index (χ2v) is 8.28. The highest BCUT2D eigenvalue weighted by atomic mass is 16.6. The molecule has 2 unspecified atom stereocenters. The molecule has 1 aliphatic rings. The summed E-state index contributed by atoms with van der Waals surface area (Å²) in [7, 11) is 1.60. The first kappa shape index (κ1) is 20.6. The number of pyridine rings is 1. The summed E-state index contributed by atoms with van der Waals surface area (Å²) in [6, 6.07) is 6.13. The Morgan fingerprint density at radius 1 is 1.41 bits per heavy atom. The van der Waals surface area contributed by atoms with Crippen LogP contribution in [0.2, 0.25) is 0 Å². The minimum absolute atomic E-state index is 0.236. The maximum Gasteiger partial charge on any atom is 0.407 e. The number of rotatable bonds is 7.